The maximum atomic E-state index is 10.3. The maximum Gasteiger partial charge on any atom is 0.311 e. The number of rotatable bonds is 2. The summed E-state index contributed by atoms with van der Waals surface area (Å²) < 4.78 is 5.14. The second-order valence-electron chi connectivity index (χ2n) is 2.59. The van der Waals surface area contributed by atoms with Crippen LogP contribution in [0.2, 0.25) is 5.02 Å². The van der Waals surface area contributed by atoms with Crippen LogP contribution in [0.3, 0.4) is 0 Å². The summed E-state index contributed by atoms with van der Waals surface area (Å²) in [4.78, 5) is 10.3. The quantitative estimate of drug-likeness (QED) is 0.774. The minimum Gasteiger partial charge on any atom is -0.481 e. The molecular weight excluding hydrogens is 180 g/mol. The Morgan fingerprint density at radius 3 is 2.50 bits per heavy atom. The van der Waals surface area contributed by atoms with Crippen molar-refractivity contribution in [1.82, 2.24) is 0 Å². The van der Waals surface area contributed by atoms with Crippen LogP contribution < -0.4 is 0 Å². The van der Waals surface area contributed by atoms with Crippen LogP contribution in [0.5, 0.6) is 0 Å². The topological polar surface area (TPSA) is 50.4 Å². The summed E-state index contributed by atoms with van der Waals surface area (Å²) in [6, 6.07) is 0. The summed E-state index contributed by atoms with van der Waals surface area (Å²) in [5.74, 6) is 0.0962. The van der Waals surface area contributed by atoms with Crippen LogP contribution >= 0.6 is 11.6 Å². The molecule has 0 aromatic carbocycles. The third kappa shape index (κ3) is 1.61. The van der Waals surface area contributed by atoms with E-state index in [0.29, 0.717) is 16.5 Å². The molecule has 1 aromatic rings. The number of aliphatic carboxylic acids is 1. The van der Waals surface area contributed by atoms with Crippen molar-refractivity contribution in [3.63, 3.8) is 0 Å². The van der Waals surface area contributed by atoms with Crippen molar-refractivity contribution in [2.24, 2.45) is 0 Å². The van der Waals surface area contributed by atoms with Gasteiger partial charge >= 0.3 is 5.97 Å². The summed E-state index contributed by atoms with van der Waals surface area (Å²) in [5, 5.41) is 9.01. The van der Waals surface area contributed by atoms with Crippen molar-refractivity contribution in [3.8, 4) is 0 Å². The van der Waals surface area contributed by atoms with Crippen molar-refractivity contribution in [3.05, 3.63) is 22.1 Å². The van der Waals surface area contributed by atoms with Gasteiger partial charge in [-0.1, -0.05) is 11.6 Å². The van der Waals surface area contributed by atoms with E-state index >= 15 is 0 Å². The Balaban J connectivity index is 3.01. The van der Waals surface area contributed by atoms with E-state index in [1.165, 1.54) is 0 Å². The molecule has 3 nitrogen and oxygen atoms in total. The van der Waals surface area contributed by atoms with Crippen molar-refractivity contribution in [2.75, 3.05) is 0 Å². The highest BCUT2D eigenvalue weighted by molar-refractivity contribution is 6.32. The molecule has 1 aromatic heterocycles. The normalized spacial score (nSPS) is 10.2. The largest absolute Gasteiger partial charge is 0.481 e. The van der Waals surface area contributed by atoms with E-state index in [2.05, 4.69) is 0 Å². The summed E-state index contributed by atoms with van der Waals surface area (Å²) in [6.07, 6.45) is -0.112. The van der Waals surface area contributed by atoms with Gasteiger partial charge in [0.1, 0.15) is 17.9 Å². The van der Waals surface area contributed by atoms with Crippen molar-refractivity contribution in [2.45, 2.75) is 20.3 Å². The van der Waals surface area contributed by atoms with E-state index in [4.69, 9.17) is 21.1 Å². The Morgan fingerprint density at radius 1 is 1.58 bits per heavy atom. The van der Waals surface area contributed by atoms with Gasteiger partial charge in [-0.2, -0.15) is 0 Å². The summed E-state index contributed by atoms with van der Waals surface area (Å²) in [6.45, 7) is 3.46. The van der Waals surface area contributed by atoms with Gasteiger partial charge in [0, 0.05) is 5.56 Å². The monoisotopic (exact) mass is 188 g/mol. The standard InChI is InChI=1S/C8H9ClO3/c1-4-6(3-7(10)11)12-5(2)8(4)9/h3H2,1-2H3,(H,10,11). The number of hydrogen-bond donors (Lipinski definition) is 1. The molecule has 4 heteroatoms. The molecule has 0 saturated carbocycles. The molecular formula is C8H9ClO3. The third-order valence-electron chi connectivity index (χ3n) is 1.64. The summed E-state index contributed by atoms with van der Waals surface area (Å²) in [7, 11) is 0. The third-order valence-corrected chi connectivity index (χ3v) is 2.19. The zero-order valence-electron chi connectivity index (χ0n) is 6.85. The molecule has 0 fully saturated rings. The van der Waals surface area contributed by atoms with E-state index in [0.717, 1.165) is 5.56 Å². The number of aryl methyl sites for hydroxylation is 1. The second-order valence-corrected chi connectivity index (χ2v) is 2.97. The first-order chi connectivity index (χ1) is 5.52. The minimum absolute atomic E-state index is 0.112. The first-order valence-corrected chi connectivity index (χ1v) is 3.86. The zero-order valence-corrected chi connectivity index (χ0v) is 7.60. The predicted octanol–water partition coefficient (Wildman–Crippen LogP) is 2.18. The van der Waals surface area contributed by atoms with Crippen LogP contribution in [0.1, 0.15) is 17.1 Å². The van der Waals surface area contributed by atoms with Crippen LogP contribution in [0.25, 0.3) is 0 Å². The molecule has 0 unspecified atom stereocenters. The van der Waals surface area contributed by atoms with Gasteiger partial charge in [0.25, 0.3) is 0 Å². The number of halogens is 1. The zero-order chi connectivity index (χ0) is 9.30. The molecule has 0 bridgehead atoms. The molecule has 0 spiro atoms. The maximum absolute atomic E-state index is 10.3. The first-order valence-electron chi connectivity index (χ1n) is 3.48. The number of carboxylic acids is 1. The van der Waals surface area contributed by atoms with E-state index in [9.17, 15) is 4.79 Å². The van der Waals surface area contributed by atoms with E-state index < -0.39 is 5.97 Å². The van der Waals surface area contributed by atoms with Crippen LogP contribution in [-0.2, 0) is 11.2 Å². The minimum atomic E-state index is -0.913. The molecule has 0 atom stereocenters. The smallest absolute Gasteiger partial charge is 0.311 e. The Hall–Kier alpha value is -0.960. The van der Waals surface area contributed by atoms with Gasteiger partial charge in [-0.3, -0.25) is 4.79 Å². The van der Waals surface area contributed by atoms with E-state index in [1.54, 1.807) is 13.8 Å². The van der Waals surface area contributed by atoms with Crippen molar-refractivity contribution >= 4 is 17.6 Å². The summed E-state index contributed by atoms with van der Waals surface area (Å²) >= 11 is 5.80. The van der Waals surface area contributed by atoms with Gasteiger partial charge in [0.05, 0.1) is 5.02 Å². The fourth-order valence-corrected chi connectivity index (χ4v) is 1.14. The van der Waals surface area contributed by atoms with Crippen molar-refractivity contribution in [1.29, 1.82) is 0 Å². The number of carbonyl (C=O) groups is 1. The molecule has 66 valence electrons. The number of carboxylic acid groups (broad SMARTS) is 1. The van der Waals surface area contributed by atoms with Gasteiger partial charge in [-0.15, -0.1) is 0 Å². The lowest BCUT2D eigenvalue weighted by atomic mass is 10.2. The van der Waals surface area contributed by atoms with Gasteiger partial charge in [-0.05, 0) is 13.8 Å². The molecule has 0 amide bonds. The molecule has 0 radical (unpaired) electrons. The van der Waals surface area contributed by atoms with Gasteiger partial charge in [0.2, 0.25) is 0 Å². The highest BCUT2D eigenvalue weighted by Crippen LogP contribution is 2.26. The van der Waals surface area contributed by atoms with Crippen LogP contribution in [0, 0.1) is 13.8 Å². The Kier molecular flexibility index (Phi) is 2.43. The molecule has 0 aliphatic carbocycles. The molecule has 0 aliphatic heterocycles. The second kappa shape index (κ2) is 3.19. The van der Waals surface area contributed by atoms with Crippen LogP contribution in [-0.4, -0.2) is 11.1 Å². The Bertz CT molecular complexity index is 314. The SMILES string of the molecule is Cc1oc(CC(=O)O)c(C)c1Cl. The van der Waals surface area contributed by atoms with Crippen molar-refractivity contribution < 1.29 is 14.3 Å². The summed E-state index contributed by atoms with van der Waals surface area (Å²) in [5.41, 5.74) is 0.719. The molecule has 1 N–H and O–H groups in total. The van der Waals surface area contributed by atoms with Crippen LogP contribution in [0.15, 0.2) is 4.42 Å². The lowest BCUT2D eigenvalue weighted by Crippen LogP contribution is -1.99. The average Bonchev–Trinajstić information content (AvgIpc) is 2.17. The fraction of sp³-hybridized carbons (Fsp3) is 0.375. The lowest BCUT2D eigenvalue weighted by Gasteiger charge is -1.91. The van der Waals surface area contributed by atoms with Crippen LogP contribution in [0.4, 0.5) is 0 Å². The van der Waals surface area contributed by atoms with Gasteiger partial charge in [-0.25, -0.2) is 0 Å². The first kappa shape index (κ1) is 9.13. The van der Waals surface area contributed by atoms with E-state index in [1.807, 2.05) is 0 Å². The fourth-order valence-electron chi connectivity index (χ4n) is 0.999. The Morgan fingerprint density at radius 2 is 2.17 bits per heavy atom. The Labute approximate surface area is 74.9 Å². The highest BCUT2D eigenvalue weighted by atomic mass is 35.5. The number of hydrogen-bond acceptors (Lipinski definition) is 2. The predicted molar refractivity (Wildman–Crippen MR) is 44.5 cm³/mol. The highest BCUT2D eigenvalue weighted by Gasteiger charge is 2.14. The molecule has 0 saturated heterocycles. The average molecular weight is 189 g/mol. The molecule has 12 heavy (non-hydrogen) atoms. The lowest BCUT2D eigenvalue weighted by molar-refractivity contribution is -0.136. The molecule has 1 heterocycles. The van der Waals surface area contributed by atoms with Gasteiger partial charge in [0.15, 0.2) is 0 Å². The van der Waals surface area contributed by atoms with E-state index in [-0.39, 0.29) is 6.42 Å². The number of furan rings is 1. The molecule has 0 aliphatic rings. The molecule has 1 rings (SSSR count). The van der Waals surface area contributed by atoms with Gasteiger partial charge < -0.3 is 9.52 Å².